The number of ether oxygens (including phenoxy) is 1. The highest BCUT2D eigenvalue weighted by Gasteiger charge is 2.36. The van der Waals surface area contributed by atoms with Crippen LogP contribution in [0.2, 0.25) is 0 Å². The van der Waals surface area contributed by atoms with Crippen molar-refractivity contribution in [3.63, 3.8) is 0 Å². The van der Waals surface area contributed by atoms with Crippen molar-refractivity contribution in [3.05, 3.63) is 35.9 Å². The van der Waals surface area contributed by atoms with E-state index >= 15 is 0 Å². The molecule has 0 aromatic heterocycles. The Kier molecular flexibility index (Phi) is 10.1. The Hall–Kier alpha value is -0.420. The lowest BCUT2D eigenvalue weighted by Crippen LogP contribution is -2.37. The molecule has 0 spiro atoms. The molecular weight excluding hydrogens is 349 g/mol. The van der Waals surface area contributed by atoms with Gasteiger partial charge in [0.25, 0.3) is 0 Å². The molecule has 1 saturated heterocycles. The van der Waals surface area contributed by atoms with Crippen LogP contribution in [0.5, 0.6) is 0 Å². The molecule has 7 heteroatoms. The molecule has 1 aliphatic rings. The van der Waals surface area contributed by atoms with Crippen LogP contribution in [0.3, 0.4) is 0 Å². The van der Waals surface area contributed by atoms with Crippen molar-refractivity contribution in [2.24, 2.45) is 0 Å². The molecule has 138 valence electrons. The van der Waals surface area contributed by atoms with Crippen molar-refractivity contribution < 1.29 is 18.3 Å². The van der Waals surface area contributed by atoms with E-state index in [1.54, 1.807) is 0 Å². The van der Waals surface area contributed by atoms with Crippen LogP contribution in [-0.4, -0.2) is 51.0 Å². The lowest BCUT2D eigenvalue weighted by molar-refractivity contribution is 0.0369. The van der Waals surface area contributed by atoms with Gasteiger partial charge in [-0.2, -0.15) is 0 Å². The zero-order chi connectivity index (χ0) is 16.5. The van der Waals surface area contributed by atoms with Crippen LogP contribution in [0.15, 0.2) is 30.3 Å². The van der Waals surface area contributed by atoms with Crippen LogP contribution in [0.4, 0.5) is 0 Å². The van der Waals surface area contributed by atoms with Gasteiger partial charge in [-0.1, -0.05) is 30.3 Å². The Morgan fingerprint density at radius 3 is 2.25 bits per heavy atom. The van der Waals surface area contributed by atoms with E-state index in [1.165, 1.54) is 0 Å². The molecule has 5 nitrogen and oxygen atoms in total. The third kappa shape index (κ3) is 6.14. The third-order valence-corrected chi connectivity index (χ3v) is 6.56. The van der Waals surface area contributed by atoms with Crippen LogP contribution in [0.1, 0.15) is 31.5 Å². The molecule has 1 heterocycles. The Morgan fingerprint density at radius 2 is 1.71 bits per heavy atom. The van der Waals surface area contributed by atoms with Gasteiger partial charge in [0.1, 0.15) is 0 Å². The van der Waals surface area contributed by atoms with Gasteiger partial charge in [0.05, 0.1) is 32.1 Å². The summed E-state index contributed by atoms with van der Waals surface area (Å²) in [7, 11) is -3.18. The minimum absolute atomic E-state index is 0. The zero-order valence-corrected chi connectivity index (χ0v) is 16.3. The molecule has 0 radical (unpaired) electrons. The highest BCUT2D eigenvalue weighted by Crippen LogP contribution is 2.62. The van der Waals surface area contributed by atoms with Gasteiger partial charge in [0, 0.05) is 13.1 Å². The summed E-state index contributed by atoms with van der Waals surface area (Å²) < 4.78 is 29.9. The molecule has 1 atom stereocenters. The quantitative estimate of drug-likeness (QED) is 0.605. The van der Waals surface area contributed by atoms with Crippen molar-refractivity contribution in [3.8, 4) is 0 Å². The summed E-state index contributed by atoms with van der Waals surface area (Å²) in [5, 5.41) is 0. The van der Waals surface area contributed by atoms with Gasteiger partial charge < -0.3 is 13.8 Å². The van der Waals surface area contributed by atoms with E-state index in [0.717, 1.165) is 44.8 Å². The van der Waals surface area contributed by atoms with E-state index in [4.69, 9.17) is 13.8 Å². The van der Waals surface area contributed by atoms with E-state index in [0.29, 0.717) is 13.2 Å². The number of nitrogens with zero attached hydrogens (tertiary/aromatic N) is 1. The molecule has 24 heavy (non-hydrogen) atoms. The van der Waals surface area contributed by atoms with E-state index in [2.05, 4.69) is 4.90 Å². The number of morpholine rings is 1. The second-order valence-electron chi connectivity index (χ2n) is 5.54. The molecule has 0 bridgehead atoms. The summed E-state index contributed by atoms with van der Waals surface area (Å²) in [6.45, 7) is 8.74. The first kappa shape index (κ1) is 21.6. The molecular formula is C17H29ClNO4P. The minimum Gasteiger partial charge on any atom is -0.379 e. The average molecular weight is 378 g/mol. The van der Waals surface area contributed by atoms with Gasteiger partial charge in [0.2, 0.25) is 0 Å². The van der Waals surface area contributed by atoms with Crippen molar-refractivity contribution in [1.82, 2.24) is 4.90 Å². The van der Waals surface area contributed by atoms with Crippen molar-refractivity contribution in [2.75, 3.05) is 46.1 Å². The summed E-state index contributed by atoms with van der Waals surface area (Å²) in [6.07, 6.45) is 0.751. The maximum Gasteiger partial charge on any atom is 0.338 e. The Bertz CT molecular complexity index is 487. The number of rotatable bonds is 9. The first-order valence-electron chi connectivity index (χ1n) is 8.43. The van der Waals surface area contributed by atoms with Crippen molar-refractivity contribution in [2.45, 2.75) is 25.9 Å². The molecule has 1 aromatic rings. The van der Waals surface area contributed by atoms with E-state index in [1.807, 2.05) is 44.2 Å². The lowest BCUT2D eigenvalue weighted by Gasteiger charge is -2.31. The summed E-state index contributed by atoms with van der Waals surface area (Å²) in [6, 6.07) is 9.93. The smallest absolute Gasteiger partial charge is 0.338 e. The largest absolute Gasteiger partial charge is 0.379 e. The number of hydrogen-bond acceptors (Lipinski definition) is 5. The fourth-order valence-electron chi connectivity index (χ4n) is 2.89. The molecule has 0 aliphatic carbocycles. The molecule has 1 aliphatic heterocycles. The molecule has 0 N–H and O–H groups in total. The maximum absolute atomic E-state index is 13.3. The van der Waals surface area contributed by atoms with Gasteiger partial charge in [-0.05, 0) is 32.4 Å². The van der Waals surface area contributed by atoms with Crippen LogP contribution in [0.25, 0.3) is 0 Å². The average Bonchev–Trinajstić information content (AvgIpc) is 2.57. The van der Waals surface area contributed by atoms with Crippen LogP contribution < -0.4 is 0 Å². The number of hydrogen-bond donors (Lipinski definition) is 0. The highest BCUT2D eigenvalue weighted by atomic mass is 35.5. The highest BCUT2D eigenvalue weighted by molar-refractivity contribution is 7.54. The van der Waals surface area contributed by atoms with Gasteiger partial charge in [-0.25, -0.2) is 0 Å². The van der Waals surface area contributed by atoms with E-state index in [-0.39, 0.29) is 18.1 Å². The van der Waals surface area contributed by atoms with Gasteiger partial charge in [0.15, 0.2) is 0 Å². The fourth-order valence-corrected chi connectivity index (χ4v) is 5.01. The second kappa shape index (κ2) is 11.2. The molecule has 0 amide bonds. The van der Waals surface area contributed by atoms with E-state index in [9.17, 15) is 4.57 Å². The van der Waals surface area contributed by atoms with E-state index < -0.39 is 7.60 Å². The van der Waals surface area contributed by atoms with Gasteiger partial charge in [-0.15, -0.1) is 12.4 Å². The summed E-state index contributed by atoms with van der Waals surface area (Å²) >= 11 is 0. The first-order valence-corrected chi connectivity index (χ1v) is 10.0. The van der Waals surface area contributed by atoms with Crippen LogP contribution in [-0.2, 0) is 18.3 Å². The predicted octanol–water partition coefficient (Wildman–Crippen LogP) is 4.14. The second-order valence-corrected chi connectivity index (χ2v) is 7.76. The normalized spacial score (nSPS) is 17.2. The number of halogens is 1. The van der Waals surface area contributed by atoms with Crippen molar-refractivity contribution in [1.29, 1.82) is 0 Å². The monoisotopic (exact) mass is 377 g/mol. The van der Waals surface area contributed by atoms with Crippen LogP contribution in [0, 0.1) is 0 Å². The predicted molar refractivity (Wildman–Crippen MR) is 99.2 cm³/mol. The Labute approximate surface area is 151 Å². The van der Waals surface area contributed by atoms with Crippen LogP contribution >= 0.6 is 20.0 Å². The summed E-state index contributed by atoms with van der Waals surface area (Å²) in [4.78, 5) is 2.35. The lowest BCUT2D eigenvalue weighted by atomic mass is 10.1. The molecule has 2 rings (SSSR count). The third-order valence-electron chi connectivity index (χ3n) is 4.01. The van der Waals surface area contributed by atoms with Gasteiger partial charge in [-0.3, -0.25) is 9.46 Å². The molecule has 1 unspecified atom stereocenters. The minimum atomic E-state index is -3.18. The topological polar surface area (TPSA) is 48.0 Å². The Morgan fingerprint density at radius 1 is 1.12 bits per heavy atom. The fraction of sp³-hybridized carbons (Fsp3) is 0.647. The standard InChI is InChI=1S/C17H28NO4P.ClH/c1-3-21-23(19,22-4-2)17(16-8-6-5-7-9-16)10-11-18-12-14-20-15-13-18;/h5-9,17H,3-4,10-15H2,1-2H3;1H. The SMILES string of the molecule is CCOP(=O)(OCC)C(CCN1CCOCC1)c1ccccc1.Cl. The Balaban J connectivity index is 0.00000288. The maximum atomic E-state index is 13.3. The summed E-state index contributed by atoms with van der Waals surface area (Å²) in [5.41, 5.74) is 0.789. The molecule has 0 saturated carbocycles. The molecule has 1 aromatic carbocycles. The molecule has 1 fully saturated rings. The first-order chi connectivity index (χ1) is 11.2. The van der Waals surface area contributed by atoms with Crippen molar-refractivity contribution >= 4 is 20.0 Å². The summed E-state index contributed by atoms with van der Waals surface area (Å²) in [5.74, 6) is 0. The number of benzene rings is 1. The zero-order valence-electron chi connectivity index (χ0n) is 14.6. The van der Waals surface area contributed by atoms with Gasteiger partial charge >= 0.3 is 7.60 Å².